The molecule has 0 unspecified atom stereocenters. The molecule has 0 saturated heterocycles. The fourth-order valence-electron chi connectivity index (χ4n) is 2.68. The summed E-state index contributed by atoms with van der Waals surface area (Å²) in [6.45, 7) is 4.24. The predicted molar refractivity (Wildman–Crippen MR) is 79.9 cm³/mol. The molecule has 114 valence electrons. The van der Waals surface area contributed by atoms with Crippen molar-refractivity contribution in [2.24, 2.45) is 5.73 Å². The van der Waals surface area contributed by atoms with Crippen LogP contribution in [0.25, 0.3) is 0 Å². The van der Waals surface area contributed by atoms with Crippen molar-refractivity contribution < 1.29 is 9.32 Å². The Balaban J connectivity index is 0.00000200. The molecule has 1 aliphatic rings. The standard InChI is InChI=1S/C14H23N3O2.ClH/c1-10-12(11(2)19-17-10)8-13(18)16-9-14(15)6-4-3-5-7-14;/h3-9,15H2,1-2H3,(H,16,18);1H. The summed E-state index contributed by atoms with van der Waals surface area (Å²) in [5.74, 6) is 0.706. The predicted octanol–water partition coefficient (Wildman–Crippen LogP) is 2.03. The van der Waals surface area contributed by atoms with Gasteiger partial charge in [0.1, 0.15) is 5.76 Å². The summed E-state index contributed by atoms with van der Waals surface area (Å²) in [6, 6.07) is 0. The van der Waals surface area contributed by atoms with E-state index in [1.165, 1.54) is 6.42 Å². The molecule has 0 radical (unpaired) electrons. The Labute approximate surface area is 126 Å². The van der Waals surface area contributed by atoms with E-state index in [2.05, 4.69) is 10.5 Å². The van der Waals surface area contributed by atoms with Crippen LogP contribution in [0, 0.1) is 13.8 Å². The normalized spacial score (nSPS) is 17.4. The van der Waals surface area contributed by atoms with Crippen LogP contribution in [-0.2, 0) is 11.2 Å². The van der Waals surface area contributed by atoms with Crippen molar-refractivity contribution in [1.82, 2.24) is 10.5 Å². The number of amides is 1. The second-order valence-corrected chi connectivity index (χ2v) is 5.68. The van der Waals surface area contributed by atoms with Crippen LogP contribution in [0.15, 0.2) is 4.52 Å². The number of nitrogens with one attached hydrogen (secondary N) is 1. The van der Waals surface area contributed by atoms with Crippen LogP contribution in [0.1, 0.15) is 49.1 Å². The van der Waals surface area contributed by atoms with Gasteiger partial charge >= 0.3 is 0 Å². The van der Waals surface area contributed by atoms with Crippen molar-refractivity contribution in [2.75, 3.05) is 6.54 Å². The van der Waals surface area contributed by atoms with Crippen LogP contribution in [-0.4, -0.2) is 23.1 Å². The van der Waals surface area contributed by atoms with Gasteiger partial charge in [0.15, 0.2) is 0 Å². The van der Waals surface area contributed by atoms with Gasteiger partial charge in [-0.05, 0) is 26.7 Å². The number of carbonyl (C=O) groups excluding carboxylic acids is 1. The highest BCUT2D eigenvalue weighted by Crippen LogP contribution is 2.25. The first-order valence-electron chi connectivity index (χ1n) is 6.97. The van der Waals surface area contributed by atoms with E-state index >= 15 is 0 Å². The summed E-state index contributed by atoms with van der Waals surface area (Å²) in [7, 11) is 0. The first-order valence-corrected chi connectivity index (χ1v) is 6.97. The van der Waals surface area contributed by atoms with Crippen LogP contribution in [0.3, 0.4) is 0 Å². The van der Waals surface area contributed by atoms with Crippen molar-refractivity contribution in [1.29, 1.82) is 0 Å². The van der Waals surface area contributed by atoms with Crippen molar-refractivity contribution in [2.45, 2.75) is 57.9 Å². The molecule has 3 N–H and O–H groups in total. The van der Waals surface area contributed by atoms with E-state index in [9.17, 15) is 4.79 Å². The summed E-state index contributed by atoms with van der Waals surface area (Å²) in [5.41, 5.74) is 7.75. The molecule has 0 aromatic carbocycles. The molecule has 5 nitrogen and oxygen atoms in total. The lowest BCUT2D eigenvalue weighted by Crippen LogP contribution is -2.51. The van der Waals surface area contributed by atoms with Crippen molar-refractivity contribution in [3.8, 4) is 0 Å². The zero-order valence-corrected chi connectivity index (χ0v) is 13.0. The first-order chi connectivity index (χ1) is 9.00. The largest absolute Gasteiger partial charge is 0.361 e. The SMILES string of the molecule is Cc1noc(C)c1CC(=O)NCC1(N)CCCCC1.Cl. The van der Waals surface area contributed by atoms with E-state index < -0.39 is 0 Å². The number of carbonyl (C=O) groups is 1. The minimum absolute atomic E-state index is 0. The van der Waals surface area contributed by atoms with Gasteiger partial charge in [0, 0.05) is 17.6 Å². The van der Waals surface area contributed by atoms with Crippen molar-refractivity contribution in [3.63, 3.8) is 0 Å². The van der Waals surface area contributed by atoms with Gasteiger partial charge in [-0.1, -0.05) is 24.4 Å². The van der Waals surface area contributed by atoms with Crippen LogP contribution in [0.2, 0.25) is 0 Å². The summed E-state index contributed by atoms with van der Waals surface area (Å²) >= 11 is 0. The quantitative estimate of drug-likeness (QED) is 0.891. The van der Waals surface area contributed by atoms with Crippen LogP contribution < -0.4 is 11.1 Å². The van der Waals surface area contributed by atoms with E-state index in [1.807, 2.05) is 13.8 Å². The number of halogens is 1. The molecule has 2 rings (SSSR count). The maximum Gasteiger partial charge on any atom is 0.224 e. The van der Waals surface area contributed by atoms with Gasteiger partial charge in [0.2, 0.25) is 5.91 Å². The summed E-state index contributed by atoms with van der Waals surface area (Å²) < 4.78 is 5.06. The number of nitrogens with two attached hydrogens (primary N) is 1. The maximum atomic E-state index is 12.0. The molecule has 1 saturated carbocycles. The van der Waals surface area contributed by atoms with Crippen LogP contribution in [0.5, 0.6) is 0 Å². The van der Waals surface area contributed by atoms with Gasteiger partial charge in [0.05, 0.1) is 12.1 Å². The first kappa shape index (κ1) is 17.0. The van der Waals surface area contributed by atoms with E-state index in [4.69, 9.17) is 10.3 Å². The molecule has 20 heavy (non-hydrogen) atoms. The van der Waals surface area contributed by atoms with Crippen molar-refractivity contribution >= 4 is 18.3 Å². The Hall–Kier alpha value is -1.07. The van der Waals surface area contributed by atoms with E-state index in [1.54, 1.807) is 0 Å². The van der Waals surface area contributed by atoms with Gasteiger partial charge in [-0.25, -0.2) is 0 Å². The van der Waals surface area contributed by atoms with Crippen LogP contribution in [0.4, 0.5) is 0 Å². The Morgan fingerprint density at radius 1 is 1.35 bits per heavy atom. The summed E-state index contributed by atoms with van der Waals surface area (Å²) in [6.07, 6.45) is 5.90. The summed E-state index contributed by atoms with van der Waals surface area (Å²) in [4.78, 5) is 12.0. The third-order valence-electron chi connectivity index (χ3n) is 4.01. The number of rotatable bonds is 4. The topological polar surface area (TPSA) is 81.2 Å². The number of aryl methyl sites for hydroxylation is 2. The minimum Gasteiger partial charge on any atom is -0.361 e. The third-order valence-corrected chi connectivity index (χ3v) is 4.01. The molecular formula is C14H24ClN3O2. The zero-order valence-electron chi connectivity index (χ0n) is 12.2. The summed E-state index contributed by atoms with van der Waals surface area (Å²) in [5, 5.41) is 6.81. The molecule has 0 bridgehead atoms. The highest BCUT2D eigenvalue weighted by molar-refractivity contribution is 5.85. The fraction of sp³-hybridized carbons (Fsp3) is 0.714. The van der Waals surface area contributed by atoms with E-state index in [0.717, 1.165) is 36.9 Å². The number of hydrogen-bond donors (Lipinski definition) is 2. The molecule has 0 spiro atoms. The molecule has 6 heteroatoms. The molecule has 1 aromatic rings. The van der Waals surface area contributed by atoms with Gasteiger partial charge in [-0.2, -0.15) is 0 Å². The van der Waals surface area contributed by atoms with Gasteiger partial charge < -0.3 is 15.6 Å². The second kappa shape index (κ2) is 7.09. The average Bonchev–Trinajstić information content (AvgIpc) is 2.69. The molecule has 1 amide bonds. The molecular weight excluding hydrogens is 278 g/mol. The minimum atomic E-state index is -0.216. The average molecular weight is 302 g/mol. The van der Waals surface area contributed by atoms with Gasteiger partial charge in [0.25, 0.3) is 0 Å². The fourth-order valence-corrected chi connectivity index (χ4v) is 2.68. The van der Waals surface area contributed by atoms with Crippen molar-refractivity contribution in [3.05, 3.63) is 17.0 Å². The second-order valence-electron chi connectivity index (χ2n) is 5.68. The Kier molecular flexibility index (Phi) is 6.02. The molecule has 1 aromatic heterocycles. The smallest absolute Gasteiger partial charge is 0.224 e. The molecule has 0 atom stereocenters. The molecule has 1 fully saturated rings. The lowest BCUT2D eigenvalue weighted by atomic mass is 9.82. The molecule has 1 heterocycles. The Bertz CT molecular complexity index is 434. The van der Waals surface area contributed by atoms with Gasteiger partial charge in [-0.15, -0.1) is 12.4 Å². The number of hydrogen-bond acceptors (Lipinski definition) is 4. The lowest BCUT2D eigenvalue weighted by molar-refractivity contribution is -0.120. The Morgan fingerprint density at radius 3 is 2.55 bits per heavy atom. The van der Waals surface area contributed by atoms with Crippen LogP contribution >= 0.6 is 12.4 Å². The highest BCUT2D eigenvalue weighted by atomic mass is 35.5. The van der Waals surface area contributed by atoms with E-state index in [-0.39, 0.29) is 23.9 Å². The third kappa shape index (κ3) is 4.21. The molecule has 0 aliphatic heterocycles. The Morgan fingerprint density at radius 2 is 2.00 bits per heavy atom. The molecule has 1 aliphatic carbocycles. The monoisotopic (exact) mass is 301 g/mol. The maximum absolute atomic E-state index is 12.0. The van der Waals surface area contributed by atoms with Gasteiger partial charge in [-0.3, -0.25) is 4.79 Å². The lowest BCUT2D eigenvalue weighted by Gasteiger charge is -2.33. The number of aromatic nitrogens is 1. The zero-order chi connectivity index (χ0) is 13.9. The van der Waals surface area contributed by atoms with E-state index in [0.29, 0.717) is 18.7 Å². The highest BCUT2D eigenvalue weighted by Gasteiger charge is 2.27. The number of nitrogens with zero attached hydrogens (tertiary/aromatic N) is 1.